The number of benzene rings is 1. The predicted octanol–water partition coefficient (Wildman–Crippen LogP) is 4.46. The molecule has 33 heavy (non-hydrogen) atoms. The highest BCUT2D eigenvalue weighted by atomic mass is 32.2. The first-order valence-electron chi connectivity index (χ1n) is 11.0. The zero-order valence-corrected chi connectivity index (χ0v) is 19.9. The Labute approximate surface area is 197 Å². The Balaban J connectivity index is 1.44. The highest BCUT2D eigenvalue weighted by Gasteiger charge is 2.19. The first-order valence-corrected chi connectivity index (χ1v) is 12.2. The van der Waals surface area contributed by atoms with E-state index in [2.05, 4.69) is 39.0 Å². The monoisotopic (exact) mass is 464 g/mol. The van der Waals surface area contributed by atoms with Crippen molar-refractivity contribution in [1.82, 2.24) is 29.9 Å². The van der Waals surface area contributed by atoms with E-state index >= 15 is 0 Å². The number of nitrogens with one attached hydrogen (secondary N) is 1. The number of aromatic nitrogens is 5. The van der Waals surface area contributed by atoms with E-state index in [-0.39, 0.29) is 5.91 Å². The van der Waals surface area contributed by atoms with Gasteiger partial charge >= 0.3 is 0 Å². The molecule has 1 N–H and O–H groups in total. The molecule has 3 aromatic heterocycles. The SMILES string of the molecule is CSc1nnc(CCCNC(=O)c2cc(-c3ccco3)nn2-c2ccccc2)n1CC(C)C. The second-order valence-corrected chi connectivity index (χ2v) is 8.88. The van der Waals surface area contributed by atoms with Gasteiger partial charge in [-0.3, -0.25) is 4.79 Å². The fraction of sp³-hybridized carbons (Fsp3) is 0.333. The van der Waals surface area contributed by atoms with Crippen molar-refractivity contribution in [3.8, 4) is 17.1 Å². The summed E-state index contributed by atoms with van der Waals surface area (Å²) in [5.41, 5.74) is 1.88. The third kappa shape index (κ3) is 5.36. The first-order chi connectivity index (χ1) is 16.1. The van der Waals surface area contributed by atoms with Gasteiger partial charge in [0.05, 0.1) is 12.0 Å². The van der Waals surface area contributed by atoms with Crippen LogP contribution in [0.2, 0.25) is 0 Å². The number of aryl methyl sites for hydroxylation is 1. The van der Waals surface area contributed by atoms with E-state index in [9.17, 15) is 4.79 Å². The van der Waals surface area contributed by atoms with E-state index in [0.717, 1.165) is 36.1 Å². The summed E-state index contributed by atoms with van der Waals surface area (Å²) in [6, 6.07) is 15.0. The molecule has 0 fully saturated rings. The van der Waals surface area contributed by atoms with Crippen LogP contribution in [0.4, 0.5) is 0 Å². The molecule has 0 saturated heterocycles. The summed E-state index contributed by atoms with van der Waals surface area (Å²) < 4.78 is 9.30. The van der Waals surface area contributed by atoms with Crippen LogP contribution in [0.25, 0.3) is 17.1 Å². The van der Waals surface area contributed by atoms with Crippen LogP contribution in [0.15, 0.2) is 64.4 Å². The normalized spacial score (nSPS) is 11.3. The summed E-state index contributed by atoms with van der Waals surface area (Å²) in [4.78, 5) is 13.1. The van der Waals surface area contributed by atoms with Gasteiger partial charge in [-0.25, -0.2) is 4.68 Å². The number of furan rings is 1. The first kappa shape index (κ1) is 22.8. The molecule has 0 aliphatic heterocycles. The van der Waals surface area contributed by atoms with Crippen LogP contribution in [-0.2, 0) is 13.0 Å². The smallest absolute Gasteiger partial charge is 0.270 e. The molecule has 4 aromatic rings. The summed E-state index contributed by atoms with van der Waals surface area (Å²) in [7, 11) is 0. The van der Waals surface area contributed by atoms with E-state index < -0.39 is 0 Å². The second kappa shape index (κ2) is 10.5. The zero-order valence-electron chi connectivity index (χ0n) is 19.1. The van der Waals surface area contributed by atoms with E-state index in [1.165, 1.54) is 0 Å². The molecule has 0 saturated carbocycles. The third-order valence-electron chi connectivity index (χ3n) is 5.10. The lowest BCUT2D eigenvalue weighted by molar-refractivity contribution is 0.0945. The lowest BCUT2D eigenvalue weighted by Gasteiger charge is -2.12. The Kier molecular flexibility index (Phi) is 7.29. The van der Waals surface area contributed by atoms with Crippen LogP contribution in [0, 0.1) is 5.92 Å². The molecule has 0 spiro atoms. The van der Waals surface area contributed by atoms with E-state index in [1.54, 1.807) is 34.8 Å². The predicted molar refractivity (Wildman–Crippen MR) is 129 cm³/mol. The van der Waals surface area contributed by atoms with Crippen molar-refractivity contribution in [3.05, 3.63) is 66.3 Å². The van der Waals surface area contributed by atoms with Crippen LogP contribution in [0.5, 0.6) is 0 Å². The fourth-order valence-corrected chi connectivity index (χ4v) is 4.12. The molecule has 1 aromatic carbocycles. The second-order valence-electron chi connectivity index (χ2n) is 8.11. The van der Waals surface area contributed by atoms with Crippen molar-refractivity contribution < 1.29 is 9.21 Å². The summed E-state index contributed by atoms with van der Waals surface area (Å²) in [6.07, 6.45) is 5.12. The van der Waals surface area contributed by atoms with Gasteiger partial charge in [0, 0.05) is 25.6 Å². The molecule has 0 aliphatic carbocycles. The zero-order chi connectivity index (χ0) is 23.2. The number of thioether (sulfide) groups is 1. The average molecular weight is 465 g/mol. The number of hydrogen-bond donors (Lipinski definition) is 1. The number of carbonyl (C=O) groups excluding carboxylic acids is 1. The minimum absolute atomic E-state index is 0.183. The third-order valence-corrected chi connectivity index (χ3v) is 5.77. The van der Waals surface area contributed by atoms with Crippen molar-refractivity contribution in [2.24, 2.45) is 5.92 Å². The van der Waals surface area contributed by atoms with Gasteiger partial charge in [0.15, 0.2) is 10.9 Å². The summed E-state index contributed by atoms with van der Waals surface area (Å²) in [5, 5.41) is 17.2. The summed E-state index contributed by atoms with van der Waals surface area (Å²) in [6.45, 7) is 5.77. The summed E-state index contributed by atoms with van der Waals surface area (Å²) in [5.74, 6) is 1.90. The molecule has 172 valence electrons. The Morgan fingerprint density at radius 1 is 1.15 bits per heavy atom. The molecule has 0 atom stereocenters. The molecule has 8 nitrogen and oxygen atoms in total. The van der Waals surface area contributed by atoms with Crippen LogP contribution in [-0.4, -0.2) is 43.3 Å². The average Bonchev–Trinajstić information content (AvgIpc) is 3.56. The van der Waals surface area contributed by atoms with Crippen molar-refractivity contribution in [2.75, 3.05) is 12.8 Å². The molecule has 9 heteroatoms. The van der Waals surface area contributed by atoms with Gasteiger partial charge in [-0.2, -0.15) is 5.10 Å². The highest BCUT2D eigenvalue weighted by Crippen LogP contribution is 2.22. The van der Waals surface area contributed by atoms with E-state index in [1.807, 2.05) is 42.7 Å². The van der Waals surface area contributed by atoms with Crippen LogP contribution >= 0.6 is 11.8 Å². The van der Waals surface area contributed by atoms with Crippen LogP contribution < -0.4 is 5.32 Å². The standard InChI is InChI=1S/C24H28N6O2S/c1-17(2)16-29-22(26-27-24(29)33-3)12-7-13-25-23(31)20-15-19(21-11-8-14-32-21)28-30(20)18-9-5-4-6-10-18/h4-6,8-11,14-15,17H,7,12-13,16H2,1-3H3,(H,25,31). The van der Waals surface area contributed by atoms with Gasteiger partial charge < -0.3 is 14.3 Å². The number of rotatable bonds is 10. The largest absolute Gasteiger partial charge is 0.463 e. The molecule has 0 radical (unpaired) electrons. The topological polar surface area (TPSA) is 90.8 Å². The molecule has 3 heterocycles. The Morgan fingerprint density at radius 3 is 2.67 bits per heavy atom. The van der Waals surface area contributed by atoms with Crippen molar-refractivity contribution in [2.45, 2.75) is 38.4 Å². The lowest BCUT2D eigenvalue weighted by atomic mass is 10.2. The van der Waals surface area contributed by atoms with Gasteiger partial charge in [0.25, 0.3) is 5.91 Å². The Morgan fingerprint density at radius 2 is 1.97 bits per heavy atom. The van der Waals surface area contributed by atoms with Crippen LogP contribution in [0.1, 0.15) is 36.6 Å². The Hall–Kier alpha value is -3.33. The molecular weight excluding hydrogens is 436 g/mol. The van der Waals surface area contributed by atoms with E-state index in [0.29, 0.717) is 29.6 Å². The van der Waals surface area contributed by atoms with Gasteiger partial charge in [0.1, 0.15) is 17.2 Å². The molecule has 0 bridgehead atoms. The van der Waals surface area contributed by atoms with Gasteiger partial charge in [-0.15, -0.1) is 10.2 Å². The maximum absolute atomic E-state index is 13.1. The van der Waals surface area contributed by atoms with Gasteiger partial charge in [-0.1, -0.05) is 43.8 Å². The van der Waals surface area contributed by atoms with Gasteiger partial charge in [-0.05, 0) is 42.9 Å². The maximum atomic E-state index is 13.1. The number of nitrogens with zero attached hydrogens (tertiary/aromatic N) is 5. The van der Waals surface area contributed by atoms with Crippen molar-refractivity contribution in [3.63, 3.8) is 0 Å². The molecule has 0 unspecified atom stereocenters. The maximum Gasteiger partial charge on any atom is 0.270 e. The van der Waals surface area contributed by atoms with Crippen molar-refractivity contribution in [1.29, 1.82) is 0 Å². The minimum Gasteiger partial charge on any atom is -0.463 e. The van der Waals surface area contributed by atoms with Gasteiger partial charge in [0.2, 0.25) is 0 Å². The minimum atomic E-state index is -0.183. The van der Waals surface area contributed by atoms with E-state index in [4.69, 9.17) is 4.42 Å². The molecule has 0 aliphatic rings. The molecular formula is C24H28N6O2S. The number of carbonyl (C=O) groups is 1. The highest BCUT2D eigenvalue weighted by molar-refractivity contribution is 7.98. The number of para-hydroxylation sites is 1. The van der Waals surface area contributed by atoms with Crippen molar-refractivity contribution >= 4 is 17.7 Å². The number of amides is 1. The lowest BCUT2D eigenvalue weighted by Crippen LogP contribution is -2.27. The summed E-state index contributed by atoms with van der Waals surface area (Å²) >= 11 is 1.60. The fourth-order valence-electron chi connectivity index (χ4n) is 3.60. The number of hydrogen-bond acceptors (Lipinski definition) is 6. The Bertz CT molecular complexity index is 1180. The quantitative estimate of drug-likeness (QED) is 0.275. The molecule has 1 amide bonds. The van der Waals surface area contributed by atoms with Crippen LogP contribution in [0.3, 0.4) is 0 Å². The molecule has 4 rings (SSSR count).